The summed E-state index contributed by atoms with van der Waals surface area (Å²) in [7, 11) is 0. The van der Waals surface area contributed by atoms with Gasteiger partial charge < -0.3 is 5.32 Å². The van der Waals surface area contributed by atoms with E-state index in [0.29, 0.717) is 11.3 Å². The molecule has 0 saturated heterocycles. The van der Waals surface area contributed by atoms with Gasteiger partial charge in [0.1, 0.15) is 10.8 Å². The Bertz CT molecular complexity index is 826. The zero-order chi connectivity index (χ0) is 16.1. The van der Waals surface area contributed by atoms with Crippen LogP contribution >= 0.6 is 11.3 Å². The minimum absolute atomic E-state index is 0.310. The summed E-state index contributed by atoms with van der Waals surface area (Å²) in [4.78, 5) is 16.1. The first kappa shape index (κ1) is 15.1. The van der Waals surface area contributed by atoms with Crippen molar-refractivity contribution in [3.8, 4) is 10.6 Å². The quantitative estimate of drug-likeness (QED) is 0.713. The van der Waals surface area contributed by atoms with Gasteiger partial charge in [0.25, 0.3) is 0 Å². The summed E-state index contributed by atoms with van der Waals surface area (Å²) in [6.45, 7) is 0. The number of anilines is 1. The third kappa shape index (κ3) is 3.90. The zero-order valence-electron chi connectivity index (χ0n) is 12.1. The number of rotatable bonds is 4. The van der Waals surface area contributed by atoms with Crippen molar-refractivity contribution in [2.45, 2.75) is 0 Å². The number of aromatic nitrogens is 1. The van der Waals surface area contributed by atoms with Gasteiger partial charge in [-0.15, -0.1) is 11.3 Å². The molecular formula is C18H13FN2OS. The number of carbonyl (C=O) groups is 1. The first-order valence-corrected chi connectivity index (χ1v) is 7.84. The van der Waals surface area contributed by atoms with E-state index in [1.54, 1.807) is 35.7 Å². The van der Waals surface area contributed by atoms with Crippen molar-refractivity contribution < 1.29 is 9.18 Å². The van der Waals surface area contributed by atoms with E-state index in [2.05, 4.69) is 10.3 Å². The molecular weight excluding hydrogens is 311 g/mol. The van der Waals surface area contributed by atoms with Gasteiger partial charge in [-0.05, 0) is 36.4 Å². The lowest BCUT2D eigenvalue weighted by Gasteiger charge is -2.03. The van der Waals surface area contributed by atoms with Crippen LogP contribution in [-0.4, -0.2) is 10.9 Å². The molecule has 0 unspecified atom stereocenters. The highest BCUT2D eigenvalue weighted by Gasteiger charge is 2.02. The van der Waals surface area contributed by atoms with E-state index in [1.807, 2.05) is 29.6 Å². The number of halogens is 1. The zero-order valence-corrected chi connectivity index (χ0v) is 12.9. The van der Waals surface area contributed by atoms with Crippen molar-refractivity contribution >= 4 is 29.0 Å². The Labute approximate surface area is 137 Å². The molecule has 1 amide bonds. The second-order valence-corrected chi connectivity index (χ2v) is 5.65. The molecule has 0 aliphatic rings. The molecule has 3 nitrogen and oxygen atoms in total. The van der Waals surface area contributed by atoms with Gasteiger partial charge in [0.05, 0.1) is 0 Å². The van der Waals surface area contributed by atoms with Crippen LogP contribution < -0.4 is 5.32 Å². The third-order valence-corrected chi connectivity index (χ3v) is 3.97. The highest BCUT2D eigenvalue weighted by atomic mass is 32.1. The lowest BCUT2D eigenvalue weighted by molar-refractivity contribution is -0.111. The van der Waals surface area contributed by atoms with E-state index in [1.165, 1.54) is 18.2 Å². The van der Waals surface area contributed by atoms with Crippen LogP contribution in [0.5, 0.6) is 0 Å². The van der Waals surface area contributed by atoms with Crippen molar-refractivity contribution in [1.82, 2.24) is 4.98 Å². The van der Waals surface area contributed by atoms with E-state index < -0.39 is 0 Å². The second-order valence-electron chi connectivity index (χ2n) is 4.76. The van der Waals surface area contributed by atoms with Gasteiger partial charge in [0.15, 0.2) is 0 Å². The van der Waals surface area contributed by atoms with Gasteiger partial charge in [0.2, 0.25) is 5.91 Å². The van der Waals surface area contributed by atoms with E-state index in [9.17, 15) is 9.18 Å². The molecule has 1 heterocycles. The monoisotopic (exact) mass is 324 g/mol. The molecule has 23 heavy (non-hydrogen) atoms. The molecule has 3 rings (SSSR count). The van der Waals surface area contributed by atoms with Crippen LogP contribution in [0.15, 0.2) is 66.2 Å². The minimum atomic E-state index is -0.357. The fourth-order valence-corrected chi connectivity index (χ4v) is 2.67. The molecule has 1 aromatic heterocycles. The Morgan fingerprint density at radius 1 is 1.13 bits per heavy atom. The summed E-state index contributed by atoms with van der Waals surface area (Å²) in [6.07, 6.45) is 4.52. The third-order valence-electron chi connectivity index (χ3n) is 3.15. The van der Waals surface area contributed by atoms with E-state index in [-0.39, 0.29) is 11.7 Å². The van der Waals surface area contributed by atoms with E-state index in [4.69, 9.17) is 0 Å². The summed E-state index contributed by atoms with van der Waals surface area (Å²) < 4.78 is 13.5. The van der Waals surface area contributed by atoms with Crippen LogP contribution in [0, 0.1) is 5.82 Å². The average Bonchev–Trinajstić information content (AvgIpc) is 3.09. The first-order valence-electron chi connectivity index (χ1n) is 6.96. The Morgan fingerprint density at radius 3 is 2.61 bits per heavy atom. The lowest BCUT2D eigenvalue weighted by atomic mass is 10.2. The number of hydrogen-bond donors (Lipinski definition) is 1. The molecule has 0 atom stereocenters. The van der Waals surface area contributed by atoms with E-state index in [0.717, 1.165) is 10.6 Å². The highest BCUT2D eigenvalue weighted by Crippen LogP contribution is 2.23. The number of carbonyl (C=O) groups excluding carboxylic acids is 1. The van der Waals surface area contributed by atoms with Crippen molar-refractivity contribution in [3.05, 3.63) is 77.6 Å². The van der Waals surface area contributed by atoms with Gasteiger partial charge in [0, 0.05) is 34.5 Å². The fourth-order valence-electron chi connectivity index (χ4n) is 2.02. The Morgan fingerprint density at radius 2 is 1.91 bits per heavy atom. The SMILES string of the molecule is O=C(C=Cc1ccccc1F)Nc1ccc(-c2nccs2)cc1. The summed E-state index contributed by atoms with van der Waals surface area (Å²) in [5.74, 6) is -0.667. The molecule has 0 aliphatic heterocycles. The van der Waals surface area contributed by atoms with Crippen molar-refractivity contribution in [3.63, 3.8) is 0 Å². The van der Waals surface area contributed by atoms with Crippen molar-refractivity contribution in [2.24, 2.45) is 0 Å². The van der Waals surface area contributed by atoms with Gasteiger partial charge in [-0.3, -0.25) is 4.79 Å². The van der Waals surface area contributed by atoms with Crippen LogP contribution in [0.25, 0.3) is 16.6 Å². The Kier molecular flexibility index (Phi) is 4.59. The number of nitrogens with zero attached hydrogens (tertiary/aromatic N) is 1. The van der Waals surface area contributed by atoms with Crippen LogP contribution in [0.3, 0.4) is 0 Å². The lowest BCUT2D eigenvalue weighted by Crippen LogP contribution is -2.07. The highest BCUT2D eigenvalue weighted by molar-refractivity contribution is 7.13. The summed E-state index contributed by atoms with van der Waals surface area (Å²) >= 11 is 1.56. The van der Waals surface area contributed by atoms with Crippen LogP contribution in [0.2, 0.25) is 0 Å². The smallest absolute Gasteiger partial charge is 0.248 e. The van der Waals surface area contributed by atoms with Crippen LogP contribution in [0.4, 0.5) is 10.1 Å². The molecule has 5 heteroatoms. The maximum absolute atomic E-state index is 13.5. The average molecular weight is 324 g/mol. The topological polar surface area (TPSA) is 42.0 Å². The number of hydrogen-bond acceptors (Lipinski definition) is 3. The van der Waals surface area contributed by atoms with Crippen LogP contribution in [0.1, 0.15) is 5.56 Å². The molecule has 0 spiro atoms. The first-order chi connectivity index (χ1) is 11.2. The molecule has 0 saturated carbocycles. The van der Waals surface area contributed by atoms with Crippen molar-refractivity contribution in [2.75, 3.05) is 5.32 Å². The second kappa shape index (κ2) is 6.98. The van der Waals surface area contributed by atoms with Crippen LogP contribution in [-0.2, 0) is 4.79 Å². The summed E-state index contributed by atoms with van der Waals surface area (Å²) in [6, 6.07) is 13.7. The maximum Gasteiger partial charge on any atom is 0.248 e. The van der Waals surface area contributed by atoms with E-state index >= 15 is 0 Å². The number of thiazole rings is 1. The van der Waals surface area contributed by atoms with Gasteiger partial charge in [-0.1, -0.05) is 18.2 Å². The van der Waals surface area contributed by atoms with Gasteiger partial charge in [-0.25, -0.2) is 9.37 Å². The van der Waals surface area contributed by atoms with Crippen molar-refractivity contribution in [1.29, 1.82) is 0 Å². The Hall–Kier alpha value is -2.79. The largest absolute Gasteiger partial charge is 0.323 e. The number of nitrogens with one attached hydrogen (secondary N) is 1. The molecule has 2 aromatic carbocycles. The molecule has 0 bridgehead atoms. The predicted octanol–water partition coefficient (Wildman–Crippen LogP) is 4.60. The number of amides is 1. The molecule has 114 valence electrons. The standard InChI is InChI=1S/C18H13FN2OS/c19-16-4-2-1-3-13(16)7-10-17(22)21-15-8-5-14(6-9-15)18-20-11-12-23-18/h1-12H,(H,21,22). The number of benzene rings is 2. The molecule has 0 radical (unpaired) electrons. The molecule has 0 aliphatic carbocycles. The summed E-state index contributed by atoms with van der Waals surface area (Å²) in [5, 5.41) is 5.59. The minimum Gasteiger partial charge on any atom is -0.323 e. The Balaban J connectivity index is 1.65. The molecule has 3 aromatic rings. The van der Waals surface area contributed by atoms with Gasteiger partial charge >= 0.3 is 0 Å². The maximum atomic E-state index is 13.5. The summed E-state index contributed by atoms with van der Waals surface area (Å²) in [5.41, 5.74) is 2.05. The predicted molar refractivity (Wildman–Crippen MR) is 91.6 cm³/mol. The normalized spacial score (nSPS) is 10.8. The molecule has 1 N–H and O–H groups in total. The van der Waals surface area contributed by atoms with Gasteiger partial charge in [-0.2, -0.15) is 0 Å². The molecule has 0 fully saturated rings. The fraction of sp³-hybridized carbons (Fsp3) is 0.